The Morgan fingerprint density at radius 2 is 2.04 bits per heavy atom. The number of ether oxygens (including phenoxy) is 1. The van der Waals surface area contributed by atoms with Crippen molar-refractivity contribution in [2.24, 2.45) is 0 Å². The van der Waals surface area contributed by atoms with E-state index in [0.29, 0.717) is 26.2 Å². The molecular formula is C21H26N4O3. The Hall–Kier alpha value is -2.80. The van der Waals surface area contributed by atoms with Crippen molar-refractivity contribution >= 4 is 11.8 Å². The zero-order valence-electron chi connectivity index (χ0n) is 16.1. The number of rotatable bonds is 8. The number of amides is 2. The highest BCUT2D eigenvalue weighted by Gasteiger charge is 2.24. The molecule has 2 heterocycles. The lowest BCUT2D eigenvalue weighted by atomic mass is 10.2. The van der Waals surface area contributed by atoms with Gasteiger partial charge in [0.1, 0.15) is 5.69 Å². The molecule has 28 heavy (non-hydrogen) atoms. The molecule has 2 aromatic rings. The Morgan fingerprint density at radius 1 is 1.21 bits per heavy atom. The number of nitrogens with one attached hydrogen (secondary N) is 1. The summed E-state index contributed by atoms with van der Waals surface area (Å²) in [6.45, 7) is 3.79. The summed E-state index contributed by atoms with van der Waals surface area (Å²) >= 11 is 0. The third-order valence-corrected chi connectivity index (χ3v) is 4.68. The van der Waals surface area contributed by atoms with Gasteiger partial charge in [0.05, 0.1) is 18.0 Å². The van der Waals surface area contributed by atoms with Crippen LogP contribution in [0.1, 0.15) is 41.0 Å². The minimum Gasteiger partial charge on any atom is -0.376 e. The molecule has 0 unspecified atom stereocenters. The van der Waals surface area contributed by atoms with E-state index < -0.39 is 0 Å². The smallest absolute Gasteiger partial charge is 0.274 e. The van der Waals surface area contributed by atoms with Crippen LogP contribution in [0, 0.1) is 6.92 Å². The molecule has 1 aliphatic rings. The molecule has 0 radical (unpaired) electrons. The molecule has 1 aliphatic heterocycles. The molecule has 0 spiro atoms. The first-order valence-corrected chi connectivity index (χ1v) is 9.62. The summed E-state index contributed by atoms with van der Waals surface area (Å²) in [6.07, 6.45) is 5.21. The molecule has 3 rings (SSSR count). The zero-order chi connectivity index (χ0) is 19.8. The highest BCUT2D eigenvalue weighted by molar-refractivity contribution is 5.92. The van der Waals surface area contributed by atoms with Crippen LogP contribution >= 0.6 is 0 Å². The fourth-order valence-electron chi connectivity index (χ4n) is 3.10. The predicted octanol–water partition coefficient (Wildman–Crippen LogP) is 2.11. The third-order valence-electron chi connectivity index (χ3n) is 4.68. The number of aromatic nitrogens is 2. The first-order valence-electron chi connectivity index (χ1n) is 9.62. The van der Waals surface area contributed by atoms with E-state index in [0.717, 1.165) is 24.1 Å². The van der Waals surface area contributed by atoms with Crippen LogP contribution in [0.2, 0.25) is 0 Å². The molecule has 2 amide bonds. The third kappa shape index (κ3) is 5.85. The number of hydrogen-bond acceptors (Lipinski definition) is 5. The Bertz CT molecular complexity index is 774. The van der Waals surface area contributed by atoms with Crippen LogP contribution < -0.4 is 5.32 Å². The Labute approximate surface area is 165 Å². The summed E-state index contributed by atoms with van der Waals surface area (Å²) in [4.78, 5) is 35.1. The molecule has 1 fully saturated rings. The minimum atomic E-state index is -0.223. The molecule has 1 aromatic carbocycles. The Morgan fingerprint density at radius 3 is 2.71 bits per heavy atom. The molecule has 7 heteroatoms. The number of nitrogens with zero attached hydrogens (tertiary/aromatic N) is 3. The van der Waals surface area contributed by atoms with Gasteiger partial charge in [-0.05, 0) is 25.3 Å². The van der Waals surface area contributed by atoms with E-state index in [1.165, 1.54) is 6.20 Å². The summed E-state index contributed by atoms with van der Waals surface area (Å²) in [7, 11) is 0. The SMILES string of the molecule is Cc1cnc(C(=O)N(CCC(=O)NCc2ccccc2)C[C@H]2CCCO2)cn1. The van der Waals surface area contributed by atoms with Crippen LogP contribution in [0.15, 0.2) is 42.7 Å². The van der Waals surface area contributed by atoms with Crippen LogP contribution in [-0.2, 0) is 16.1 Å². The largest absolute Gasteiger partial charge is 0.376 e. The molecule has 1 saturated heterocycles. The van der Waals surface area contributed by atoms with Crippen molar-refractivity contribution in [1.82, 2.24) is 20.2 Å². The van der Waals surface area contributed by atoms with E-state index in [2.05, 4.69) is 15.3 Å². The second-order valence-electron chi connectivity index (χ2n) is 6.94. The summed E-state index contributed by atoms with van der Waals surface area (Å²) < 4.78 is 5.67. The standard InChI is InChI=1S/C21H26N4O3/c1-16-12-23-19(14-22-16)21(27)25(15-18-8-5-11-28-18)10-9-20(26)24-13-17-6-3-2-4-7-17/h2-4,6-7,12,14,18H,5,8-11,13,15H2,1H3,(H,24,26)/t18-/m1/s1. The number of aryl methyl sites for hydroxylation is 1. The highest BCUT2D eigenvalue weighted by atomic mass is 16.5. The van der Waals surface area contributed by atoms with Crippen molar-refractivity contribution in [3.05, 3.63) is 59.7 Å². The molecule has 0 saturated carbocycles. The van der Waals surface area contributed by atoms with Crippen LogP contribution in [-0.4, -0.2) is 52.5 Å². The van der Waals surface area contributed by atoms with E-state index in [9.17, 15) is 9.59 Å². The Kier molecular flexibility index (Phi) is 7.08. The predicted molar refractivity (Wildman–Crippen MR) is 105 cm³/mol. The minimum absolute atomic E-state index is 0.00902. The number of benzene rings is 1. The summed E-state index contributed by atoms with van der Waals surface area (Å²) in [5, 5.41) is 2.90. The van der Waals surface area contributed by atoms with Gasteiger partial charge in [0.25, 0.3) is 5.91 Å². The van der Waals surface area contributed by atoms with Gasteiger partial charge in [-0.3, -0.25) is 14.6 Å². The van der Waals surface area contributed by atoms with E-state index in [-0.39, 0.29) is 30.0 Å². The number of carbonyl (C=O) groups excluding carboxylic acids is 2. The van der Waals surface area contributed by atoms with Gasteiger partial charge in [0, 0.05) is 38.9 Å². The van der Waals surface area contributed by atoms with Gasteiger partial charge in [-0.25, -0.2) is 4.98 Å². The molecule has 0 bridgehead atoms. The zero-order valence-corrected chi connectivity index (χ0v) is 16.1. The van der Waals surface area contributed by atoms with E-state index in [4.69, 9.17) is 4.74 Å². The Balaban J connectivity index is 1.57. The average molecular weight is 382 g/mol. The maximum Gasteiger partial charge on any atom is 0.274 e. The fraction of sp³-hybridized carbons (Fsp3) is 0.429. The first kappa shape index (κ1) is 19.9. The van der Waals surface area contributed by atoms with Gasteiger partial charge in [-0.2, -0.15) is 0 Å². The maximum atomic E-state index is 12.9. The average Bonchev–Trinajstić information content (AvgIpc) is 3.23. The van der Waals surface area contributed by atoms with Crippen LogP contribution in [0.25, 0.3) is 0 Å². The van der Waals surface area contributed by atoms with E-state index in [1.807, 2.05) is 37.3 Å². The molecule has 1 N–H and O–H groups in total. The lowest BCUT2D eigenvalue weighted by Crippen LogP contribution is -2.40. The lowest BCUT2D eigenvalue weighted by molar-refractivity contribution is -0.121. The second-order valence-corrected chi connectivity index (χ2v) is 6.94. The molecule has 1 aromatic heterocycles. The normalized spacial score (nSPS) is 16.0. The van der Waals surface area contributed by atoms with Crippen molar-refractivity contribution in [3.8, 4) is 0 Å². The van der Waals surface area contributed by atoms with E-state index in [1.54, 1.807) is 11.1 Å². The molecule has 0 aliphatic carbocycles. The fourth-order valence-corrected chi connectivity index (χ4v) is 3.10. The van der Waals surface area contributed by atoms with Crippen LogP contribution in [0.5, 0.6) is 0 Å². The van der Waals surface area contributed by atoms with Crippen molar-refractivity contribution < 1.29 is 14.3 Å². The lowest BCUT2D eigenvalue weighted by Gasteiger charge is -2.25. The van der Waals surface area contributed by atoms with Gasteiger partial charge in [0.2, 0.25) is 5.91 Å². The topological polar surface area (TPSA) is 84.4 Å². The van der Waals surface area contributed by atoms with E-state index >= 15 is 0 Å². The maximum absolute atomic E-state index is 12.9. The quantitative estimate of drug-likeness (QED) is 0.756. The molecule has 148 valence electrons. The van der Waals surface area contributed by atoms with Gasteiger partial charge >= 0.3 is 0 Å². The molecule has 1 atom stereocenters. The second kappa shape index (κ2) is 9.94. The highest BCUT2D eigenvalue weighted by Crippen LogP contribution is 2.15. The van der Waals surface area contributed by atoms with Crippen molar-refractivity contribution in [2.45, 2.75) is 38.8 Å². The molecular weight excluding hydrogens is 356 g/mol. The van der Waals surface area contributed by atoms with Crippen LogP contribution in [0.3, 0.4) is 0 Å². The van der Waals surface area contributed by atoms with Crippen molar-refractivity contribution in [1.29, 1.82) is 0 Å². The molecule has 7 nitrogen and oxygen atoms in total. The summed E-state index contributed by atoms with van der Waals surface area (Å²) in [6, 6.07) is 9.74. The van der Waals surface area contributed by atoms with Crippen molar-refractivity contribution in [3.63, 3.8) is 0 Å². The summed E-state index contributed by atoms with van der Waals surface area (Å²) in [5.74, 6) is -0.317. The number of hydrogen-bond donors (Lipinski definition) is 1. The summed E-state index contributed by atoms with van der Waals surface area (Å²) in [5.41, 5.74) is 2.08. The first-order chi connectivity index (χ1) is 13.6. The van der Waals surface area contributed by atoms with Gasteiger partial charge in [0.15, 0.2) is 0 Å². The monoisotopic (exact) mass is 382 g/mol. The van der Waals surface area contributed by atoms with Crippen molar-refractivity contribution in [2.75, 3.05) is 19.7 Å². The number of carbonyl (C=O) groups is 2. The van der Waals surface area contributed by atoms with Crippen LogP contribution in [0.4, 0.5) is 0 Å². The van der Waals surface area contributed by atoms with Gasteiger partial charge in [-0.15, -0.1) is 0 Å². The van der Waals surface area contributed by atoms with Gasteiger partial charge in [-0.1, -0.05) is 30.3 Å². The van der Waals surface area contributed by atoms with Gasteiger partial charge < -0.3 is 15.0 Å².